The Morgan fingerprint density at radius 3 is 2.53 bits per heavy atom. The first-order valence-corrected chi connectivity index (χ1v) is 10.7. The largest absolute Gasteiger partial charge is 0.497 e. The molecule has 1 fully saturated rings. The number of halogens is 2. The Kier molecular flexibility index (Phi) is 6.47. The molecule has 0 radical (unpaired) electrons. The number of urea groups is 1. The molecule has 1 aliphatic rings. The highest BCUT2D eigenvalue weighted by Crippen LogP contribution is 2.29. The molecule has 172 valence electrons. The van der Waals surface area contributed by atoms with E-state index in [1.165, 1.54) is 25.3 Å². The van der Waals surface area contributed by atoms with E-state index < -0.39 is 17.8 Å². The summed E-state index contributed by atoms with van der Waals surface area (Å²) in [4.78, 5) is 39.4. The monoisotopic (exact) mass is 478 g/mol. The molecule has 0 aromatic heterocycles. The minimum atomic E-state index is -0.862. The molecule has 8 heteroatoms. The van der Waals surface area contributed by atoms with Crippen LogP contribution in [0, 0.1) is 12.7 Å². The van der Waals surface area contributed by atoms with E-state index in [0.29, 0.717) is 33.0 Å². The standard InChI is InChI=1S/C26H20ClFN2O4/c1-15-7-9-19(27)14-23(15)30-25(32)21(24(31)29-26(30)33)13-16-8-10-20(34-2)12-18(16)11-17-5-3-4-6-22(17)28/h3-10,12-14H,11H2,1-2H3,(H,29,31,33)/b21-13+. The molecule has 1 aliphatic heterocycles. The third-order valence-electron chi connectivity index (χ3n) is 5.50. The lowest BCUT2D eigenvalue weighted by Gasteiger charge is -2.27. The predicted molar refractivity (Wildman–Crippen MR) is 127 cm³/mol. The molecular formula is C26H20ClFN2O4. The Bertz CT molecular complexity index is 1350. The van der Waals surface area contributed by atoms with Gasteiger partial charge in [-0.15, -0.1) is 0 Å². The Morgan fingerprint density at radius 1 is 1.03 bits per heavy atom. The molecule has 1 heterocycles. The molecular weight excluding hydrogens is 459 g/mol. The van der Waals surface area contributed by atoms with Crippen molar-refractivity contribution < 1.29 is 23.5 Å². The minimum absolute atomic E-state index is 0.203. The number of barbiturate groups is 1. The molecule has 1 saturated heterocycles. The first-order valence-electron chi connectivity index (χ1n) is 10.4. The van der Waals surface area contributed by atoms with Crippen molar-refractivity contribution in [1.29, 1.82) is 0 Å². The second kappa shape index (κ2) is 9.49. The number of hydrogen-bond acceptors (Lipinski definition) is 4. The van der Waals surface area contributed by atoms with Crippen LogP contribution in [0.5, 0.6) is 5.75 Å². The number of nitrogens with one attached hydrogen (secondary N) is 1. The summed E-state index contributed by atoms with van der Waals surface area (Å²) in [6.45, 7) is 1.72. The van der Waals surface area contributed by atoms with Crippen LogP contribution in [-0.4, -0.2) is 25.0 Å². The van der Waals surface area contributed by atoms with Gasteiger partial charge >= 0.3 is 6.03 Å². The van der Waals surface area contributed by atoms with Crippen LogP contribution in [0.15, 0.2) is 66.2 Å². The molecule has 1 N–H and O–H groups in total. The summed E-state index contributed by atoms with van der Waals surface area (Å²) in [7, 11) is 1.51. The van der Waals surface area contributed by atoms with Crippen molar-refractivity contribution in [2.24, 2.45) is 0 Å². The number of aryl methyl sites for hydroxylation is 1. The molecule has 3 aromatic carbocycles. The lowest BCUT2D eigenvalue weighted by atomic mass is 9.96. The van der Waals surface area contributed by atoms with Gasteiger partial charge in [-0.05, 0) is 65.6 Å². The van der Waals surface area contributed by atoms with Crippen molar-refractivity contribution in [3.05, 3.63) is 99.3 Å². The van der Waals surface area contributed by atoms with Crippen molar-refractivity contribution in [2.45, 2.75) is 13.3 Å². The SMILES string of the molecule is COc1ccc(/C=C2\C(=O)NC(=O)N(c3cc(Cl)ccc3C)C2=O)c(Cc2ccccc2F)c1. The lowest BCUT2D eigenvalue weighted by Crippen LogP contribution is -2.54. The van der Waals surface area contributed by atoms with Gasteiger partial charge in [0.25, 0.3) is 11.8 Å². The lowest BCUT2D eigenvalue weighted by molar-refractivity contribution is -0.122. The molecule has 0 bridgehead atoms. The van der Waals surface area contributed by atoms with Gasteiger partial charge in [0.1, 0.15) is 17.1 Å². The highest BCUT2D eigenvalue weighted by Gasteiger charge is 2.37. The Morgan fingerprint density at radius 2 is 1.79 bits per heavy atom. The van der Waals surface area contributed by atoms with Crippen molar-refractivity contribution in [3.8, 4) is 5.75 Å². The van der Waals surface area contributed by atoms with Crippen LogP contribution in [0.25, 0.3) is 6.08 Å². The van der Waals surface area contributed by atoms with Gasteiger partial charge in [-0.1, -0.05) is 41.9 Å². The number of hydrogen-bond donors (Lipinski definition) is 1. The maximum Gasteiger partial charge on any atom is 0.335 e. The average Bonchev–Trinajstić information content (AvgIpc) is 2.81. The normalized spacial score (nSPS) is 15.0. The summed E-state index contributed by atoms with van der Waals surface area (Å²) in [5.74, 6) is -1.44. The van der Waals surface area contributed by atoms with E-state index in [1.54, 1.807) is 55.5 Å². The average molecular weight is 479 g/mol. The molecule has 4 amide bonds. The molecule has 0 saturated carbocycles. The summed E-state index contributed by atoms with van der Waals surface area (Å²) in [6.07, 6.45) is 1.60. The number of methoxy groups -OCH3 is 1. The second-order valence-corrected chi connectivity index (χ2v) is 8.16. The zero-order valence-corrected chi connectivity index (χ0v) is 19.2. The van der Waals surface area contributed by atoms with Crippen LogP contribution in [0.2, 0.25) is 5.02 Å². The van der Waals surface area contributed by atoms with Crippen molar-refractivity contribution in [3.63, 3.8) is 0 Å². The quantitative estimate of drug-likeness (QED) is 0.411. The number of anilines is 1. The molecule has 6 nitrogen and oxygen atoms in total. The van der Waals surface area contributed by atoms with Crippen LogP contribution >= 0.6 is 11.6 Å². The fourth-order valence-electron chi connectivity index (χ4n) is 3.71. The predicted octanol–water partition coefficient (Wildman–Crippen LogP) is 5.05. The van der Waals surface area contributed by atoms with E-state index in [1.807, 2.05) is 0 Å². The van der Waals surface area contributed by atoms with Gasteiger partial charge in [0.2, 0.25) is 0 Å². The van der Waals surface area contributed by atoms with E-state index in [0.717, 1.165) is 4.90 Å². The van der Waals surface area contributed by atoms with Crippen LogP contribution in [0.4, 0.5) is 14.9 Å². The number of nitrogens with zero attached hydrogens (tertiary/aromatic N) is 1. The van der Waals surface area contributed by atoms with Gasteiger partial charge in [-0.3, -0.25) is 14.9 Å². The summed E-state index contributed by atoms with van der Waals surface area (Å²) >= 11 is 6.07. The number of rotatable bonds is 5. The van der Waals surface area contributed by atoms with E-state index in [4.69, 9.17) is 16.3 Å². The summed E-state index contributed by atoms with van der Waals surface area (Å²) in [5, 5.41) is 2.55. The number of amides is 4. The molecule has 0 spiro atoms. The Balaban J connectivity index is 1.79. The van der Waals surface area contributed by atoms with Gasteiger partial charge in [-0.2, -0.15) is 0 Å². The molecule has 0 unspecified atom stereocenters. The van der Waals surface area contributed by atoms with Gasteiger partial charge in [0, 0.05) is 11.4 Å². The highest BCUT2D eigenvalue weighted by molar-refractivity contribution is 6.39. The van der Waals surface area contributed by atoms with Crippen LogP contribution in [-0.2, 0) is 16.0 Å². The zero-order chi connectivity index (χ0) is 24.4. The topological polar surface area (TPSA) is 75.7 Å². The first kappa shape index (κ1) is 23.2. The van der Waals surface area contributed by atoms with Crippen LogP contribution in [0.3, 0.4) is 0 Å². The number of benzene rings is 3. The van der Waals surface area contributed by atoms with Crippen molar-refractivity contribution in [2.75, 3.05) is 12.0 Å². The van der Waals surface area contributed by atoms with Crippen LogP contribution < -0.4 is 15.0 Å². The second-order valence-electron chi connectivity index (χ2n) is 7.72. The van der Waals surface area contributed by atoms with Gasteiger partial charge in [0.15, 0.2) is 0 Å². The molecule has 0 atom stereocenters. The summed E-state index contributed by atoms with van der Waals surface area (Å²) in [5.41, 5.74) is 2.26. The molecule has 4 rings (SSSR count). The molecule has 0 aliphatic carbocycles. The summed E-state index contributed by atoms with van der Waals surface area (Å²) in [6, 6.07) is 15.4. The van der Waals surface area contributed by atoms with Crippen molar-refractivity contribution in [1.82, 2.24) is 5.32 Å². The fraction of sp³-hybridized carbons (Fsp3) is 0.115. The fourth-order valence-corrected chi connectivity index (χ4v) is 3.87. The number of ether oxygens (including phenoxy) is 1. The number of carbonyl (C=O) groups excluding carboxylic acids is 3. The molecule has 34 heavy (non-hydrogen) atoms. The number of imide groups is 2. The zero-order valence-electron chi connectivity index (χ0n) is 18.4. The third-order valence-corrected chi connectivity index (χ3v) is 5.74. The van der Waals surface area contributed by atoms with Gasteiger partial charge in [0.05, 0.1) is 12.8 Å². The van der Waals surface area contributed by atoms with Crippen LogP contribution in [0.1, 0.15) is 22.3 Å². The number of carbonyl (C=O) groups is 3. The van der Waals surface area contributed by atoms with Crippen molar-refractivity contribution >= 4 is 41.2 Å². The third kappa shape index (κ3) is 4.56. The molecule has 3 aromatic rings. The maximum atomic E-state index is 14.3. The highest BCUT2D eigenvalue weighted by atomic mass is 35.5. The smallest absolute Gasteiger partial charge is 0.335 e. The van der Waals surface area contributed by atoms with Gasteiger partial charge < -0.3 is 4.74 Å². The van der Waals surface area contributed by atoms with E-state index in [2.05, 4.69) is 5.32 Å². The minimum Gasteiger partial charge on any atom is -0.497 e. The van der Waals surface area contributed by atoms with E-state index >= 15 is 0 Å². The Hall–Kier alpha value is -3.97. The Labute approximate surface area is 200 Å². The van der Waals surface area contributed by atoms with E-state index in [-0.39, 0.29) is 23.5 Å². The maximum absolute atomic E-state index is 14.3. The van der Waals surface area contributed by atoms with Gasteiger partial charge in [-0.25, -0.2) is 14.1 Å². The van der Waals surface area contributed by atoms with E-state index in [9.17, 15) is 18.8 Å². The summed E-state index contributed by atoms with van der Waals surface area (Å²) < 4.78 is 19.6. The first-order chi connectivity index (χ1) is 16.3.